The van der Waals surface area contributed by atoms with Gasteiger partial charge in [0, 0.05) is 33.1 Å². The zero-order chi connectivity index (χ0) is 15.6. The zero-order valence-electron chi connectivity index (χ0n) is 11.5. The molecule has 2 rings (SSSR count). The summed E-state index contributed by atoms with van der Waals surface area (Å²) in [7, 11) is -3.67. The number of aromatic carboxylic acids is 1. The predicted molar refractivity (Wildman–Crippen MR) is 71.8 cm³/mol. The SMILES string of the molecule is CC(=O)N1CCN(S(=O)(=O)c2ccc(C(=O)[O-])cc2)CC1. The van der Waals surface area contributed by atoms with E-state index in [1.54, 1.807) is 4.90 Å². The van der Waals surface area contributed by atoms with E-state index in [9.17, 15) is 23.1 Å². The first-order chi connectivity index (χ1) is 9.82. The largest absolute Gasteiger partial charge is 0.545 e. The standard InChI is InChI=1S/C13H16N2O5S/c1-10(16)14-6-8-15(9-7-14)21(19,20)12-4-2-11(3-5-12)13(17)18/h2-5H,6-9H2,1H3,(H,17,18)/p-1. The molecule has 1 saturated heterocycles. The highest BCUT2D eigenvalue weighted by molar-refractivity contribution is 7.89. The highest BCUT2D eigenvalue weighted by Crippen LogP contribution is 2.18. The average molecular weight is 311 g/mol. The Bertz CT molecular complexity index is 646. The van der Waals surface area contributed by atoms with Crippen molar-refractivity contribution in [2.24, 2.45) is 0 Å². The van der Waals surface area contributed by atoms with Crippen LogP contribution in [0.5, 0.6) is 0 Å². The molecule has 1 fully saturated rings. The maximum Gasteiger partial charge on any atom is 0.243 e. The molecule has 0 aliphatic carbocycles. The van der Waals surface area contributed by atoms with E-state index < -0.39 is 16.0 Å². The lowest BCUT2D eigenvalue weighted by molar-refractivity contribution is -0.255. The van der Waals surface area contributed by atoms with Gasteiger partial charge in [0.25, 0.3) is 0 Å². The fraction of sp³-hybridized carbons (Fsp3) is 0.385. The van der Waals surface area contributed by atoms with Gasteiger partial charge in [-0.1, -0.05) is 12.1 Å². The highest BCUT2D eigenvalue weighted by atomic mass is 32.2. The number of carboxylic acid groups (broad SMARTS) is 1. The van der Waals surface area contributed by atoms with Crippen LogP contribution in [0.2, 0.25) is 0 Å². The van der Waals surface area contributed by atoms with Gasteiger partial charge in [0.05, 0.1) is 10.9 Å². The molecule has 0 radical (unpaired) electrons. The van der Waals surface area contributed by atoms with Gasteiger partial charge in [-0.25, -0.2) is 8.42 Å². The minimum absolute atomic E-state index is 0.0313. The van der Waals surface area contributed by atoms with Crippen LogP contribution in [-0.4, -0.2) is 55.7 Å². The predicted octanol–water partition coefficient (Wildman–Crippen LogP) is -1.10. The first-order valence-electron chi connectivity index (χ1n) is 6.39. The monoisotopic (exact) mass is 311 g/mol. The summed E-state index contributed by atoms with van der Waals surface area (Å²) in [5.41, 5.74) is -0.0738. The van der Waals surface area contributed by atoms with Crippen molar-refractivity contribution in [1.29, 1.82) is 0 Å². The van der Waals surface area contributed by atoms with E-state index in [-0.39, 0.29) is 29.5 Å². The number of carboxylic acids is 1. The summed E-state index contributed by atoms with van der Waals surface area (Å²) < 4.78 is 26.1. The summed E-state index contributed by atoms with van der Waals surface area (Å²) in [6.45, 7) is 2.61. The minimum atomic E-state index is -3.67. The molecule has 1 aromatic carbocycles. The summed E-state index contributed by atoms with van der Waals surface area (Å²) in [5.74, 6) is -1.43. The van der Waals surface area contributed by atoms with E-state index >= 15 is 0 Å². The number of benzene rings is 1. The molecule has 0 saturated carbocycles. The summed E-state index contributed by atoms with van der Waals surface area (Å²) in [5, 5.41) is 10.7. The van der Waals surface area contributed by atoms with E-state index in [1.165, 1.54) is 35.5 Å². The molecule has 1 aliphatic rings. The van der Waals surface area contributed by atoms with Crippen LogP contribution in [0.15, 0.2) is 29.2 Å². The molecule has 1 aliphatic heterocycles. The molecular formula is C13H15N2O5S-. The molecule has 0 N–H and O–H groups in total. The molecule has 0 atom stereocenters. The molecule has 1 aromatic rings. The Hall–Kier alpha value is -1.93. The van der Waals surface area contributed by atoms with Crippen LogP contribution in [0.4, 0.5) is 0 Å². The second-order valence-electron chi connectivity index (χ2n) is 4.72. The molecule has 1 amide bonds. The molecule has 21 heavy (non-hydrogen) atoms. The Balaban J connectivity index is 2.15. The second-order valence-corrected chi connectivity index (χ2v) is 6.66. The van der Waals surface area contributed by atoms with Crippen LogP contribution >= 0.6 is 0 Å². The van der Waals surface area contributed by atoms with E-state index in [2.05, 4.69) is 0 Å². The van der Waals surface area contributed by atoms with Crippen molar-refractivity contribution in [3.05, 3.63) is 29.8 Å². The van der Waals surface area contributed by atoms with Gasteiger partial charge in [0.15, 0.2) is 0 Å². The number of amides is 1. The van der Waals surface area contributed by atoms with Gasteiger partial charge < -0.3 is 14.8 Å². The van der Waals surface area contributed by atoms with E-state index in [1.807, 2.05) is 0 Å². The normalized spacial score (nSPS) is 16.7. The fourth-order valence-electron chi connectivity index (χ4n) is 2.16. The topological polar surface area (TPSA) is 97.8 Å². The van der Waals surface area contributed by atoms with Crippen LogP contribution in [0.3, 0.4) is 0 Å². The van der Waals surface area contributed by atoms with Gasteiger partial charge >= 0.3 is 0 Å². The van der Waals surface area contributed by atoms with Gasteiger partial charge in [-0.15, -0.1) is 0 Å². The molecule has 0 bridgehead atoms. The van der Waals surface area contributed by atoms with Gasteiger partial charge in [-0.3, -0.25) is 4.79 Å². The smallest absolute Gasteiger partial charge is 0.243 e. The van der Waals surface area contributed by atoms with Gasteiger partial charge in [-0.05, 0) is 17.7 Å². The number of hydrogen-bond acceptors (Lipinski definition) is 5. The summed E-state index contributed by atoms with van der Waals surface area (Å²) >= 11 is 0. The molecule has 8 heteroatoms. The Labute approximate surface area is 122 Å². The highest BCUT2D eigenvalue weighted by Gasteiger charge is 2.29. The minimum Gasteiger partial charge on any atom is -0.545 e. The molecule has 1 heterocycles. The van der Waals surface area contributed by atoms with Gasteiger partial charge in [0.1, 0.15) is 0 Å². The van der Waals surface area contributed by atoms with Crippen molar-refractivity contribution in [1.82, 2.24) is 9.21 Å². The molecule has 7 nitrogen and oxygen atoms in total. The summed E-state index contributed by atoms with van der Waals surface area (Å²) in [6, 6.07) is 4.90. The van der Waals surface area contributed by atoms with Gasteiger partial charge in [0.2, 0.25) is 15.9 Å². The third-order valence-corrected chi connectivity index (χ3v) is 5.32. The van der Waals surface area contributed by atoms with Crippen molar-refractivity contribution < 1.29 is 23.1 Å². The third kappa shape index (κ3) is 3.22. The lowest BCUT2D eigenvalue weighted by Gasteiger charge is -2.33. The van der Waals surface area contributed by atoms with Crippen LogP contribution in [-0.2, 0) is 14.8 Å². The molecule has 0 spiro atoms. The van der Waals surface area contributed by atoms with Crippen LogP contribution < -0.4 is 5.11 Å². The molecule has 0 aromatic heterocycles. The number of carbonyl (C=O) groups excluding carboxylic acids is 2. The van der Waals surface area contributed by atoms with E-state index in [0.717, 1.165) is 0 Å². The second kappa shape index (κ2) is 5.82. The van der Waals surface area contributed by atoms with Crippen LogP contribution in [0.1, 0.15) is 17.3 Å². The molecular weight excluding hydrogens is 296 g/mol. The first kappa shape index (κ1) is 15.5. The van der Waals surface area contributed by atoms with Crippen molar-refractivity contribution in [3.8, 4) is 0 Å². The van der Waals surface area contributed by atoms with Crippen molar-refractivity contribution in [2.75, 3.05) is 26.2 Å². The Morgan fingerprint density at radius 1 is 1.05 bits per heavy atom. The summed E-state index contributed by atoms with van der Waals surface area (Å²) in [6.07, 6.45) is 0. The molecule has 114 valence electrons. The van der Waals surface area contributed by atoms with Crippen molar-refractivity contribution >= 4 is 21.9 Å². The lowest BCUT2D eigenvalue weighted by Crippen LogP contribution is -2.49. The number of sulfonamides is 1. The maximum absolute atomic E-state index is 12.4. The first-order valence-corrected chi connectivity index (χ1v) is 7.83. The summed E-state index contributed by atoms with van der Waals surface area (Å²) in [4.78, 5) is 23.5. The van der Waals surface area contributed by atoms with Crippen LogP contribution in [0, 0.1) is 0 Å². The average Bonchev–Trinajstić information content (AvgIpc) is 2.47. The van der Waals surface area contributed by atoms with E-state index in [0.29, 0.717) is 13.1 Å². The third-order valence-electron chi connectivity index (χ3n) is 3.41. The van der Waals surface area contributed by atoms with Gasteiger partial charge in [-0.2, -0.15) is 4.31 Å². The fourth-order valence-corrected chi connectivity index (χ4v) is 3.58. The number of nitrogens with zero attached hydrogens (tertiary/aromatic N) is 2. The maximum atomic E-state index is 12.4. The number of hydrogen-bond donors (Lipinski definition) is 0. The quantitative estimate of drug-likeness (QED) is 0.706. The Morgan fingerprint density at radius 3 is 2.00 bits per heavy atom. The number of rotatable bonds is 3. The zero-order valence-corrected chi connectivity index (χ0v) is 12.3. The number of carbonyl (C=O) groups is 2. The van der Waals surface area contributed by atoms with Crippen molar-refractivity contribution in [2.45, 2.75) is 11.8 Å². The van der Waals surface area contributed by atoms with Crippen molar-refractivity contribution in [3.63, 3.8) is 0 Å². The number of piperazine rings is 1. The Kier molecular flexibility index (Phi) is 4.29. The van der Waals surface area contributed by atoms with E-state index in [4.69, 9.17) is 0 Å². The van der Waals surface area contributed by atoms with Crippen LogP contribution in [0.25, 0.3) is 0 Å². The molecule has 0 unspecified atom stereocenters. The Morgan fingerprint density at radius 2 is 1.57 bits per heavy atom. The lowest BCUT2D eigenvalue weighted by atomic mass is 10.2.